The lowest BCUT2D eigenvalue weighted by atomic mass is 10.2. The topological polar surface area (TPSA) is 48.9 Å². The van der Waals surface area contributed by atoms with Gasteiger partial charge >= 0.3 is 6.18 Å². The summed E-state index contributed by atoms with van der Waals surface area (Å²) in [6.07, 6.45) is -4.45. The van der Waals surface area contributed by atoms with E-state index in [0.29, 0.717) is 5.52 Å². The Morgan fingerprint density at radius 3 is 2.48 bits per heavy atom. The summed E-state index contributed by atoms with van der Waals surface area (Å²) in [4.78, 5) is 6.78. The van der Waals surface area contributed by atoms with Gasteiger partial charge in [0.15, 0.2) is 0 Å². The Balaban J connectivity index is 2.13. The molecular weight excluding hydrogens is 288 g/mol. The van der Waals surface area contributed by atoms with Crippen LogP contribution in [0.4, 0.5) is 17.6 Å². The van der Waals surface area contributed by atoms with Crippen LogP contribution >= 0.6 is 0 Å². The van der Waals surface area contributed by atoms with E-state index in [1.54, 1.807) is 0 Å². The second kappa shape index (κ2) is 4.47. The van der Waals surface area contributed by atoms with Crippen molar-refractivity contribution in [2.45, 2.75) is 6.18 Å². The van der Waals surface area contributed by atoms with Gasteiger partial charge in [-0.3, -0.25) is 0 Å². The van der Waals surface area contributed by atoms with Gasteiger partial charge < -0.3 is 10.1 Å². The third-order valence-electron chi connectivity index (χ3n) is 3.02. The SMILES string of the molecule is Oc1cc(F)ccc1-c1nc2ccc(C(F)(F)F)cc2[nH]1. The second-order valence-electron chi connectivity index (χ2n) is 4.48. The van der Waals surface area contributed by atoms with E-state index in [4.69, 9.17) is 0 Å². The Hall–Kier alpha value is -2.57. The molecule has 0 amide bonds. The number of nitrogens with one attached hydrogen (secondary N) is 1. The quantitative estimate of drug-likeness (QED) is 0.664. The van der Waals surface area contributed by atoms with Crippen molar-refractivity contribution in [3.05, 3.63) is 47.8 Å². The first-order valence-corrected chi connectivity index (χ1v) is 5.90. The number of H-pyrrole nitrogens is 1. The number of aromatic hydroxyl groups is 1. The largest absolute Gasteiger partial charge is 0.507 e. The van der Waals surface area contributed by atoms with Gasteiger partial charge in [-0.05, 0) is 30.3 Å². The molecule has 0 fully saturated rings. The summed E-state index contributed by atoms with van der Waals surface area (Å²) in [5, 5.41) is 9.67. The molecule has 3 nitrogen and oxygen atoms in total. The second-order valence-corrected chi connectivity index (χ2v) is 4.48. The number of aromatic nitrogens is 2. The van der Waals surface area contributed by atoms with Gasteiger partial charge in [0.05, 0.1) is 22.2 Å². The molecule has 1 aromatic heterocycles. The van der Waals surface area contributed by atoms with E-state index in [2.05, 4.69) is 9.97 Å². The first-order valence-electron chi connectivity index (χ1n) is 5.90. The number of phenols is 1. The minimum Gasteiger partial charge on any atom is -0.507 e. The van der Waals surface area contributed by atoms with Crippen LogP contribution in [0.15, 0.2) is 36.4 Å². The van der Waals surface area contributed by atoms with E-state index in [9.17, 15) is 22.7 Å². The number of benzene rings is 2. The Morgan fingerprint density at radius 1 is 1.05 bits per heavy atom. The molecule has 1 heterocycles. The summed E-state index contributed by atoms with van der Waals surface area (Å²) in [5.41, 5.74) is -0.0834. The summed E-state index contributed by atoms with van der Waals surface area (Å²) in [6, 6.07) is 6.43. The molecule has 0 atom stereocenters. The maximum atomic E-state index is 12.9. The van der Waals surface area contributed by atoms with E-state index in [-0.39, 0.29) is 22.7 Å². The number of imidazole rings is 1. The molecule has 7 heteroatoms. The lowest BCUT2D eigenvalue weighted by Gasteiger charge is -2.05. The molecule has 108 valence electrons. The zero-order chi connectivity index (χ0) is 15.2. The number of alkyl halides is 3. The predicted octanol–water partition coefficient (Wildman–Crippen LogP) is 4.09. The van der Waals surface area contributed by atoms with Crippen LogP contribution in [0, 0.1) is 5.82 Å². The van der Waals surface area contributed by atoms with Crippen LogP contribution in [0.5, 0.6) is 5.75 Å². The molecule has 3 aromatic rings. The normalized spacial score (nSPS) is 12.0. The summed E-state index contributed by atoms with van der Waals surface area (Å²) in [6.45, 7) is 0. The molecule has 21 heavy (non-hydrogen) atoms. The number of phenolic OH excluding ortho intramolecular Hbond substituents is 1. The fourth-order valence-electron chi connectivity index (χ4n) is 2.02. The molecule has 3 rings (SSSR count). The lowest BCUT2D eigenvalue weighted by Crippen LogP contribution is -2.04. The Morgan fingerprint density at radius 2 is 1.81 bits per heavy atom. The number of nitrogens with zero attached hydrogens (tertiary/aromatic N) is 1. The van der Waals surface area contributed by atoms with Crippen LogP contribution in [0.2, 0.25) is 0 Å². The van der Waals surface area contributed by atoms with Crippen molar-refractivity contribution in [3.63, 3.8) is 0 Å². The molecule has 0 aliphatic heterocycles. The van der Waals surface area contributed by atoms with Crippen LogP contribution in [0.1, 0.15) is 5.56 Å². The first-order chi connectivity index (χ1) is 9.84. The summed E-state index contributed by atoms with van der Waals surface area (Å²) < 4.78 is 50.9. The zero-order valence-electron chi connectivity index (χ0n) is 10.4. The van der Waals surface area contributed by atoms with Crippen LogP contribution in [-0.2, 0) is 6.18 Å². The van der Waals surface area contributed by atoms with Crippen molar-refractivity contribution in [1.82, 2.24) is 9.97 Å². The molecule has 0 aliphatic rings. The van der Waals surface area contributed by atoms with Gasteiger partial charge in [0.25, 0.3) is 0 Å². The molecule has 0 saturated carbocycles. The van der Waals surface area contributed by atoms with Gasteiger partial charge in [0, 0.05) is 6.07 Å². The van der Waals surface area contributed by atoms with E-state index in [0.717, 1.165) is 24.3 Å². The monoisotopic (exact) mass is 296 g/mol. The van der Waals surface area contributed by atoms with Crippen molar-refractivity contribution in [3.8, 4) is 17.1 Å². The molecule has 0 saturated heterocycles. The van der Waals surface area contributed by atoms with Gasteiger partial charge in [-0.25, -0.2) is 9.37 Å². The van der Waals surface area contributed by atoms with Gasteiger partial charge in [-0.15, -0.1) is 0 Å². The molecule has 0 bridgehead atoms. The van der Waals surface area contributed by atoms with Crippen LogP contribution < -0.4 is 0 Å². The number of rotatable bonds is 1. The lowest BCUT2D eigenvalue weighted by molar-refractivity contribution is -0.137. The van der Waals surface area contributed by atoms with E-state index >= 15 is 0 Å². The van der Waals surface area contributed by atoms with E-state index in [1.165, 1.54) is 12.1 Å². The van der Waals surface area contributed by atoms with Crippen molar-refractivity contribution >= 4 is 11.0 Å². The standard InChI is InChI=1S/C14H8F4N2O/c15-8-2-3-9(12(21)6-8)13-19-10-4-1-7(14(16,17)18)5-11(10)20-13/h1-6,21H,(H,19,20). The first kappa shape index (κ1) is 13.4. The number of aromatic amines is 1. The van der Waals surface area contributed by atoms with Crippen molar-refractivity contribution in [2.75, 3.05) is 0 Å². The number of hydrogen-bond donors (Lipinski definition) is 2. The summed E-state index contributed by atoms with van der Waals surface area (Å²) in [7, 11) is 0. The fraction of sp³-hybridized carbons (Fsp3) is 0.0714. The van der Waals surface area contributed by atoms with Crippen LogP contribution in [0.3, 0.4) is 0 Å². The van der Waals surface area contributed by atoms with Crippen molar-refractivity contribution in [2.24, 2.45) is 0 Å². The number of hydrogen-bond acceptors (Lipinski definition) is 2. The van der Waals surface area contributed by atoms with Gasteiger partial charge in [-0.2, -0.15) is 13.2 Å². The molecule has 2 aromatic carbocycles. The Labute approximate surface area is 115 Å². The van der Waals surface area contributed by atoms with Crippen molar-refractivity contribution in [1.29, 1.82) is 0 Å². The zero-order valence-corrected chi connectivity index (χ0v) is 10.4. The highest BCUT2D eigenvalue weighted by Crippen LogP contribution is 2.33. The Kier molecular flexibility index (Phi) is 2.86. The smallest absolute Gasteiger partial charge is 0.416 e. The molecule has 0 aliphatic carbocycles. The molecule has 0 radical (unpaired) electrons. The highest BCUT2D eigenvalue weighted by molar-refractivity contribution is 5.81. The third-order valence-corrected chi connectivity index (χ3v) is 3.02. The van der Waals surface area contributed by atoms with Crippen LogP contribution in [0.25, 0.3) is 22.4 Å². The van der Waals surface area contributed by atoms with Crippen molar-refractivity contribution < 1.29 is 22.7 Å². The average Bonchev–Trinajstić information content (AvgIpc) is 2.79. The molecule has 0 unspecified atom stereocenters. The molecule has 0 spiro atoms. The highest BCUT2D eigenvalue weighted by atomic mass is 19.4. The number of halogens is 4. The fourth-order valence-corrected chi connectivity index (χ4v) is 2.02. The van der Waals surface area contributed by atoms with E-state index < -0.39 is 17.6 Å². The third kappa shape index (κ3) is 2.42. The molecule has 2 N–H and O–H groups in total. The van der Waals surface area contributed by atoms with Crippen LogP contribution in [-0.4, -0.2) is 15.1 Å². The molecular formula is C14H8F4N2O. The van der Waals surface area contributed by atoms with Gasteiger partial charge in [0.1, 0.15) is 17.4 Å². The number of fused-ring (bicyclic) bond motifs is 1. The highest BCUT2D eigenvalue weighted by Gasteiger charge is 2.30. The summed E-state index contributed by atoms with van der Waals surface area (Å²) >= 11 is 0. The summed E-state index contributed by atoms with van der Waals surface area (Å²) in [5.74, 6) is -0.793. The Bertz CT molecular complexity index is 823. The maximum absolute atomic E-state index is 12.9. The van der Waals surface area contributed by atoms with E-state index in [1.807, 2.05) is 0 Å². The predicted molar refractivity (Wildman–Crippen MR) is 68.2 cm³/mol. The average molecular weight is 296 g/mol. The van der Waals surface area contributed by atoms with Gasteiger partial charge in [-0.1, -0.05) is 0 Å². The minimum absolute atomic E-state index is 0.168. The maximum Gasteiger partial charge on any atom is 0.416 e. The van der Waals surface area contributed by atoms with Gasteiger partial charge in [0.2, 0.25) is 0 Å². The minimum atomic E-state index is -4.45.